The molecule has 0 atom stereocenters. The number of ether oxygens (including phenoxy) is 1. The fraction of sp³-hybridized carbons (Fsp3) is 0.211. The second-order valence-electron chi connectivity index (χ2n) is 5.29. The first kappa shape index (κ1) is 14.4. The van der Waals surface area contributed by atoms with E-state index in [1.165, 1.54) is 11.1 Å². The van der Waals surface area contributed by atoms with Gasteiger partial charge in [-0.3, -0.25) is 4.79 Å². The molecule has 1 amide bonds. The zero-order valence-electron chi connectivity index (χ0n) is 12.4. The molecule has 1 aliphatic rings. The molecule has 2 aromatic rings. The molecular weight excluding hydrogens is 274 g/mol. The normalized spacial score (nSPS) is 14.4. The van der Waals surface area contributed by atoms with Gasteiger partial charge in [-0.15, -0.1) is 0 Å². The lowest BCUT2D eigenvalue weighted by molar-refractivity contribution is -0.132. The number of carbonyl (C=O) groups is 1. The summed E-state index contributed by atoms with van der Waals surface area (Å²) in [6.07, 6.45) is 3.03. The molecule has 112 valence electrons. The molecule has 0 fully saturated rings. The number of carbonyl (C=O) groups excluding carboxylic acids is 1. The van der Waals surface area contributed by atoms with E-state index in [1.54, 1.807) is 0 Å². The number of benzene rings is 2. The molecular formula is C19H19NO2. The van der Waals surface area contributed by atoms with Crippen molar-refractivity contribution in [3.63, 3.8) is 0 Å². The van der Waals surface area contributed by atoms with Crippen LogP contribution in [0.5, 0.6) is 5.75 Å². The highest BCUT2D eigenvalue weighted by Crippen LogP contribution is 2.22. The van der Waals surface area contributed by atoms with Crippen LogP contribution in [0.3, 0.4) is 0 Å². The molecule has 0 bridgehead atoms. The minimum atomic E-state index is 0.0345. The summed E-state index contributed by atoms with van der Waals surface area (Å²) in [5.41, 5.74) is 2.56. The van der Waals surface area contributed by atoms with Gasteiger partial charge in [-0.25, -0.2) is 0 Å². The maximum atomic E-state index is 12.2. The summed E-state index contributed by atoms with van der Waals surface area (Å²) in [7, 11) is 0. The topological polar surface area (TPSA) is 29.5 Å². The molecule has 0 aromatic heterocycles. The second-order valence-corrected chi connectivity index (χ2v) is 5.29. The smallest absolute Gasteiger partial charge is 0.260 e. The van der Waals surface area contributed by atoms with E-state index in [-0.39, 0.29) is 12.5 Å². The lowest BCUT2D eigenvalue weighted by atomic mass is 10.00. The molecule has 1 aliphatic heterocycles. The van der Waals surface area contributed by atoms with E-state index in [1.807, 2.05) is 53.4 Å². The van der Waals surface area contributed by atoms with Gasteiger partial charge in [-0.2, -0.15) is 0 Å². The number of amides is 1. The maximum Gasteiger partial charge on any atom is 0.260 e. The molecule has 1 heterocycles. The summed E-state index contributed by atoms with van der Waals surface area (Å²) in [6.45, 7) is 1.50. The number of hydrogen-bond acceptors (Lipinski definition) is 2. The number of para-hydroxylation sites is 1. The Morgan fingerprint density at radius 1 is 1.00 bits per heavy atom. The monoisotopic (exact) mass is 293 g/mol. The Labute approximate surface area is 130 Å². The highest BCUT2D eigenvalue weighted by atomic mass is 16.5. The lowest BCUT2D eigenvalue weighted by Crippen LogP contribution is -2.37. The van der Waals surface area contributed by atoms with E-state index in [0.717, 1.165) is 18.7 Å². The minimum absolute atomic E-state index is 0.0345. The maximum absolute atomic E-state index is 12.2. The zero-order chi connectivity index (χ0) is 15.2. The molecule has 0 radical (unpaired) electrons. The molecule has 0 saturated carbocycles. The standard InChI is InChI=1S/C19H19NO2/c21-19(15-22-18-9-5-2-6-10-18)20-13-11-17(12-14-20)16-7-3-1-4-8-16/h1-11H,12-15H2. The molecule has 3 heteroatoms. The van der Waals surface area contributed by atoms with Gasteiger partial charge >= 0.3 is 0 Å². The summed E-state index contributed by atoms with van der Waals surface area (Å²) in [5.74, 6) is 0.764. The van der Waals surface area contributed by atoms with Crippen LogP contribution in [0.1, 0.15) is 12.0 Å². The van der Waals surface area contributed by atoms with Gasteiger partial charge in [0.1, 0.15) is 5.75 Å². The van der Waals surface area contributed by atoms with Crippen LogP contribution in [-0.4, -0.2) is 30.5 Å². The van der Waals surface area contributed by atoms with Crippen LogP contribution in [0.25, 0.3) is 5.57 Å². The van der Waals surface area contributed by atoms with E-state index in [9.17, 15) is 4.79 Å². The Morgan fingerprint density at radius 3 is 2.32 bits per heavy atom. The van der Waals surface area contributed by atoms with Crippen LogP contribution in [0.15, 0.2) is 66.7 Å². The third-order valence-electron chi connectivity index (χ3n) is 3.81. The van der Waals surface area contributed by atoms with Crippen molar-refractivity contribution in [3.05, 3.63) is 72.3 Å². The summed E-state index contributed by atoms with van der Waals surface area (Å²) < 4.78 is 5.52. The van der Waals surface area contributed by atoms with Crippen molar-refractivity contribution in [2.45, 2.75) is 6.42 Å². The molecule has 0 unspecified atom stereocenters. The third-order valence-corrected chi connectivity index (χ3v) is 3.81. The van der Waals surface area contributed by atoms with Crippen LogP contribution in [0.4, 0.5) is 0 Å². The van der Waals surface area contributed by atoms with Crippen molar-refractivity contribution in [2.75, 3.05) is 19.7 Å². The first-order valence-corrected chi connectivity index (χ1v) is 7.53. The summed E-state index contributed by atoms with van der Waals surface area (Å²) >= 11 is 0. The number of nitrogens with zero attached hydrogens (tertiary/aromatic N) is 1. The summed E-state index contributed by atoms with van der Waals surface area (Å²) in [4.78, 5) is 14.0. The first-order valence-electron chi connectivity index (χ1n) is 7.53. The molecule has 0 N–H and O–H groups in total. The van der Waals surface area contributed by atoms with E-state index in [4.69, 9.17) is 4.74 Å². The molecule has 22 heavy (non-hydrogen) atoms. The number of hydrogen-bond donors (Lipinski definition) is 0. The van der Waals surface area contributed by atoms with Crippen LogP contribution in [0, 0.1) is 0 Å². The van der Waals surface area contributed by atoms with Crippen molar-refractivity contribution in [3.8, 4) is 5.75 Å². The van der Waals surface area contributed by atoms with Gasteiger partial charge in [0, 0.05) is 13.1 Å². The number of rotatable bonds is 4. The fourth-order valence-electron chi connectivity index (χ4n) is 2.56. The molecule has 3 rings (SSSR count). The van der Waals surface area contributed by atoms with Gasteiger partial charge in [0.15, 0.2) is 6.61 Å². The van der Waals surface area contributed by atoms with Crippen LogP contribution >= 0.6 is 0 Å². The average Bonchev–Trinajstić information content (AvgIpc) is 2.61. The van der Waals surface area contributed by atoms with Crippen molar-refractivity contribution in [1.82, 2.24) is 4.90 Å². The van der Waals surface area contributed by atoms with Gasteiger partial charge in [-0.05, 0) is 29.7 Å². The van der Waals surface area contributed by atoms with E-state index >= 15 is 0 Å². The van der Waals surface area contributed by atoms with Crippen molar-refractivity contribution in [2.24, 2.45) is 0 Å². The average molecular weight is 293 g/mol. The second kappa shape index (κ2) is 6.94. The van der Waals surface area contributed by atoms with Crippen LogP contribution < -0.4 is 4.74 Å². The van der Waals surface area contributed by atoms with Crippen molar-refractivity contribution >= 4 is 11.5 Å². The first-order chi connectivity index (χ1) is 10.8. The molecule has 2 aromatic carbocycles. The highest BCUT2D eigenvalue weighted by molar-refractivity contribution is 5.79. The third kappa shape index (κ3) is 3.55. The van der Waals surface area contributed by atoms with Gasteiger partial charge in [0.2, 0.25) is 0 Å². The SMILES string of the molecule is O=C(COc1ccccc1)N1CC=C(c2ccccc2)CC1. The lowest BCUT2D eigenvalue weighted by Gasteiger charge is -2.26. The summed E-state index contributed by atoms with van der Waals surface area (Å²) in [6, 6.07) is 19.8. The molecule has 0 saturated heterocycles. The molecule has 3 nitrogen and oxygen atoms in total. The van der Waals surface area contributed by atoms with Crippen molar-refractivity contribution < 1.29 is 9.53 Å². The predicted octanol–water partition coefficient (Wildman–Crippen LogP) is 3.38. The van der Waals surface area contributed by atoms with Gasteiger partial charge in [0.05, 0.1) is 0 Å². The van der Waals surface area contributed by atoms with E-state index in [0.29, 0.717) is 6.54 Å². The quantitative estimate of drug-likeness (QED) is 0.865. The highest BCUT2D eigenvalue weighted by Gasteiger charge is 2.18. The zero-order valence-corrected chi connectivity index (χ0v) is 12.4. The van der Waals surface area contributed by atoms with E-state index in [2.05, 4.69) is 18.2 Å². The Morgan fingerprint density at radius 2 is 1.68 bits per heavy atom. The van der Waals surface area contributed by atoms with Crippen molar-refractivity contribution in [1.29, 1.82) is 0 Å². The van der Waals surface area contributed by atoms with Crippen LogP contribution in [-0.2, 0) is 4.79 Å². The Kier molecular flexibility index (Phi) is 4.54. The van der Waals surface area contributed by atoms with Gasteiger partial charge in [-0.1, -0.05) is 54.6 Å². The molecule has 0 aliphatic carbocycles. The Hall–Kier alpha value is -2.55. The largest absolute Gasteiger partial charge is 0.484 e. The predicted molar refractivity (Wildman–Crippen MR) is 87.6 cm³/mol. The fourth-order valence-corrected chi connectivity index (χ4v) is 2.56. The summed E-state index contributed by atoms with van der Waals surface area (Å²) in [5, 5.41) is 0. The minimum Gasteiger partial charge on any atom is -0.484 e. The van der Waals surface area contributed by atoms with Crippen LogP contribution in [0.2, 0.25) is 0 Å². The Bertz CT molecular complexity index is 650. The Balaban J connectivity index is 1.54. The van der Waals surface area contributed by atoms with Gasteiger partial charge in [0.25, 0.3) is 5.91 Å². The van der Waals surface area contributed by atoms with E-state index < -0.39 is 0 Å². The molecule has 0 spiro atoms. The van der Waals surface area contributed by atoms with Gasteiger partial charge < -0.3 is 9.64 Å².